The van der Waals surface area contributed by atoms with Crippen molar-refractivity contribution in [1.29, 1.82) is 0 Å². The lowest BCUT2D eigenvalue weighted by Gasteiger charge is -2.09. The molecule has 4 nitrogen and oxygen atoms in total. The molecule has 3 aromatic rings. The van der Waals surface area contributed by atoms with Crippen LogP contribution in [0, 0.1) is 12.8 Å². The molecule has 5 heteroatoms. The van der Waals surface area contributed by atoms with E-state index in [0.717, 1.165) is 16.0 Å². The number of hydrogen-bond acceptors (Lipinski definition) is 4. The second-order valence-corrected chi connectivity index (χ2v) is 7.20. The molecule has 1 aromatic heterocycles. The van der Waals surface area contributed by atoms with Gasteiger partial charge in [-0.2, -0.15) is 0 Å². The Hall–Kier alpha value is -2.40. The van der Waals surface area contributed by atoms with E-state index in [1.165, 1.54) is 16.9 Å². The first-order valence-electron chi connectivity index (χ1n) is 7.92. The second kappa shape index (κ2) is 7.01. The number of aryl methyl sites for hydroxylation is 1. The van der Waals surface area contributed by atoms with Gasteiger partial charge in [-0.15, -0.1) is 0 Å². The molecule has 1 amide bonds. The summed E-state index contributed by atoms with van der Waals surface area (Å²) in [6.45, 7) is 6.90. The van der Waals surface area contributed by atoms with E-state index in [-0.39, 0.29) is 5.91 Å². The number of hydrogen-bond donors (Lipinski definition) is 1. The van der Waals surface area contributed by atoms with Crippen LogP contribution in [0.5, 0.6) is 5.75 Å². The zero-order valence-corrected chi connectivity index (χ0v) is 14.8. The minimum absolute atomic E-state index is 0.166. The molecule has 0 unspecified atom stereocenters. The van der Waals surface area contributed by atoms with Crippen molar-refractivity contribution in [3.63, 3.8) is 0 Å². The number of benzene rings is 2. The summed E-state index contributed by atoms with van der Waals surface area (Å²) in [5.74, 6) is 1.08. The fourth-order valence-electron chi connectivity index (χ4n) is 2.22. The molecule has 1 heterocycles. The molecule has 0 atom stereocenters. The van der Waals surface area contributed by atoms with E-state index in [9.17, 15) is 4.79 Å². The fraction of sp³-hybridized carbons (Fsp3) is 0.263. The minimum Gasteiger partial charge on any atom is -0.493 e. The number of thiazole rings is 1. The summed E-state index contributed by atoms with van der Waals surface area (Å²) < 4.78 is 6.70. The van der Waals surface area contributed by atoms with Crippen LogP contribution in [0.1, 0.15) is 29.8 Å². The van der Waals surface area contributed by atoms with E-state index in [2.05, 4.69) is 30.2 Å². The summed E-state index contributed by atoms with van der Waals surface area (Å²) in [5.41, 5.74) is 2.67. The minimum atomic E-state index is -0.166. The molecule has 124 valence electrons. The third-order valence-corrected chi connectivity index (χ3v) is 4.40. The number of rotatable bonds is 5. The van der Waals surface area contributed by atoms with E-state index in [1.54, 1.807) is 12.1 Å². The number of aromatic nitrogens is 1. The van der Waals surface area contributed by atoms with E-state index in [1.807, 2.05) is 31.2 Å². The molecule has 0 aliphatic rings. The Balaban J connectivity index is 1.69. The Bertz CT molecular complexity index is 853. The van der Waals surface area contributed by atoms with Crippen molar-refractivity contribution < 1.29 is 9.53 Å². The van der Waals surface area contributed by atoms with Gasteiger partial charge in [0.1, 0.15) is 5.75 Å². The molecule has 0 fully saturated rings. The monoisotopic (exact) mass is 340 g/mol. The summed E-state index contributed by atoms with van der Waals surface area (Å²) in [7, 11) is 0. The molecular weight excluding hydrogens is 320 g/mol. The van der Waals surface area contributed by atoms with Crippen molar-refractivity contribution in [3.8, 4) is 5.75 Å². The zero-order valence-electron chi connectivity index (χ0n) is 14.0. The van der Waals surface area contributed by atoms with Gasteiger partial charge in [0.25, 0.3) is 5.91 Å². The van der Waals surface area contributed by atoms with Gasteiger partial charge < -0.3 is 4.74 Å². The maximum Gasteiger partial charge on any atom is 0.257 e. The van der Waals surface area contributed by atoms with Gasteiger partial charge in [-0.05, 0) is 54.8 Å². The van der Waals surface area contributed by atoms with Crippen LogP contribution < -0.4 is 10.1 Å². The first kappa shape index (κ1) is 16.5. The van der Waals surface area contributed by atoms with E-state index < -0.39 is 0 Å². The van der Waals surface area contributed by atoms with Crippen molar-refractivity contribution in [2.45, 2.75) is 20.8 Å². The molecule has 0 radical (unpaired) electrons. The van der Waals surface area contributed by atoms with Crippen LogP contribution in [0.3, 0.4) is 0 Å². The number of amides is 1. The lowest BCUT2D eigenvalue weighted by molar-refractivity contribution is 0.102. The van der Waals surface area contributed by atoms with Gasteiger partial charge in [0, 0.05) is 5.56 Å². The number of nitrogens with zero attached hydrogens (tertiary/aromatic N) is 1. The van der Waals surface area contributed by atoms with E-state index >= 15 is 0 Å². The summed E-state index contributed by atoms with van der Waals surface area (Å²) in [6.07, 6.45) is 0. The van der Waals surface area contributed by atoms with Crippen LogP contribution >= 0.6 is 11.3 Å². The first-order valence-corrected chi connectivity index (χ1v) is 8.74. The molecule has 0 spiro atoms. The van der Waals surface area contributed by atoms with Crippen LogP contribution in [0.4, 0.5) is 5.13 Å². The Morgan fingerprint density at radius 3 is 2.67 bits per heavy atom. The quantitative estimate of drug-likeness (QED) is 0.719. The smallest absolute Gasteiger partial charge is 0.257 e. The topological polar surface area (TPSA) is 51.2 Å². The highest BCUT2D eigenvalue weighted by atomic mass is 32.1. The number of carbonyl (C=O) groups excluding carboxylic acids is 1. The van der Waals surface area contributed by atoms with Gasteiger partial charge >= 0.3 is 0 Å². The Labute approximate surface area is 145 Å². The lowest BCUT2D eigenvalue weighted by atomic mass is 10.2. The third kappa shape index (κ3) is 3.92. The average molecular weight is 340 g/mol. The number of fused-ring (bicyclic) bond motifs is 1. The Morgan fingerprint density at radius 1 is 1.21 bits per heavy atom. The molecule has 2 aromatic carbocycles. The Kier molecular flexibility index (Phi) is 4.81. The highest BCUT2D eigenvalue weighted by Gasteiger charge is 2.10. The molecule has 1 N–H and O–H groups in total. The first-order chi connectivity index (χ1) is 11.5. The molecule has 0 saturated heterocycles. The van der Waals surface area contributed by atoms with Crippen LogP contribution in [-0.2, 0) is 0 Å². The molecule has 0 saturated carbocycles. The van der Waals surface area contributed by atoms with Crippen molar-refractivity contribution in [1.82, 2.24) is 4.98 Å². The van der Waals surface area contributed by atoms with Crippen LogP contribution in [-0.4, -0.2) is 17.5 Å². The molecule has 0 aliphatic carbocycles. The second-order valence-electron chi connectivity index (χ2n) is 6.17. The predicted molar refractivity (Wildman–Crippen MR) is 99.1 cm³/mol. The van der Waals surface area contributed by atoms with Gasteiger partial charge in [-0.25, -0.2) is 4.98 Å². The van der Waals surface area contributed by atoms with Crippen molar-refractivity contribution in [2.24, 2.45) is 5.92 Å². The van der Waals surface area contributed by atoms with Gasteiger partial charge in [0.2, 0.25) is 0 Å². The lowest BCUT2D eigenvalue weighted by Crippen LogP contribution is -2.11. The highest BCUT2D eigenvalue weighted by Crippen LogP contribution is 2.27. The number of ether oxygens (including phenoxy) is 1. The van der Waals surface area contributed by atoms with Crippen LogP contribution in [0.15, 0.2) is 42.5 Å². The maximum absolute atomic E-state index is 12.3. The summed E-state index contributed by atoms with van der Waals surface area (Å²) in [5, 5.41) is 3.48. The number of carbonyl (C=O) groups is 1. The number of nitrogens with one attached hydrogen (secondary N) is 1. The van der Waals surface area contributed by atoms with Gasteiger partial charge in [0.15, 0.2) is 5.13 Å². The summed E-state index contributed by atoms with van der Waals surface area (Å²) >= 11 is 1.48. The van der Waals surface area contributed by atoms with E-state index in [0.29, 0.717) is 23.2 Å². The standard InChI is InChI=1S/C19H20N2O2S/c1-12(2)11-23-15-7-5-14(6-8-15)18(22)21-19-20-16-9-4-13(3)10-17(16)24-19/h4-10,12H,11H2,1-3H3,(H,20,21,22). The zero-order chi connectivity index (χ0) is 17.1. The molecule has 24 heavy (non-hydrogen) atoms. The largest absolute Gasteiger partial charge is 0.493 e. The van der Waals surface area contributed by atoms with Crippen molar-refractivity contribution >= 4 is 32.6 Å². The maximum atomic E-state index is 12.3. The molecule has 0 aliphatic heterocycles. The SMILES string of the molecule is Cc1ccc2nc(NC(=O)c3ccc(OCC(C)C)cc3)sc2c1. The van der Waals surface area contributed by atoms with Crippen LogP contribution in [0.2, 0.25) is 0 Å². The summed E-state index contributed by atoms with van der Waals surface area (Å²) in [6, 6.07) is 13.2. The average Bonchev–Trinajstić information content (AvgIpc) is 2.94. The normalized spacial score (nSPS) is 11.0. The molecule has 3 rings (SSSR count). The van der Waals surface area contributed by atoms with E-state index in [4.69, 9.17) is 4.74 Å². The number of anilines is 1. The third-order valence-electron chi connectivity index (χ3n) is 3.46. The van der Waals surface area contributed by atoms with Gasteiger partial charge in [-0.1, -0.05) is 31.3 Å². The van der Waals surface area contributed by atoms with Gasteiger partial charge in [0.05, 0.1) is 16.8 Å². The van der Waals surface area contributed by atoms with Crippen molar-refractivity contribution in [3.05, 3.63) is 53.6 Å². The Morgan fingerprint density at radius 2 is 1.96 bits per heavy atom. The molecule has 0 bridgehead atoms. The molecular formula is C19H20N2O2S. The van der Waals surface area contributed by atoms with Gasteiger partial charge in [-0.3, -0.25) is 10.1 Å². The fourth-order valence-corrected chi connectivity index (χ4v) is 3.18. The van der Waals surface area contributed by atoms with Crippen LogP contribution in [0.25, 0.3) is 10.2 Å². The predicted octanol–water partition coefficient (Wildman–Crippen LogP) is 4.89. The van der Waals surface area contributed by atoms with Crippen molar-refractivity contribution in [2.75, 3.05) is 11.9 Å². The summed E-state index contributed by atoms with van der Waals surface area (Å²) in [4.78, 5) is 16.8. The highest BCUT2D eigenvalue weighted by molar-refractivity contribution is 7.22.